The highest BCUT2D eigenvalue weighted by molar-refractivity contribution is 5.89. The predicted octanol–water partition coefficient (Wildman–Crippen LogP) is 3.56. The molecule has 0 aromatic heterocycles. The molecule has 1 saturated heterocycles. The SMILES string of the molecule is Cc1ccccc1COc1cccc(NC(=O)N2CCC[C@H]2CO)c1. The predicted molar refractivity (Wildman–Crippen MR) is 97.8 cm³/mol. The molecule has 1 aliphatic rings. The number of aryl methyl sites for hydroxylation is 1. The summed E-state index contributed by atoms with van der Waals surface area (Å²) < 4.78 is 5.86. The fourth-order valence-electron chi connectivity index (χ4n) is 3.08. The van der Waals surface area contributed by atoms with Crippen molar-refractivity contribution in [3.63, 3.8) is 0 Å². The molecule has 0 aliphatic carbocycles. The number of urea groups is 1. The van der Waals surface area contributed by atoms with Gasteiger partial charge in [0.15, 0.2) is 0 Å². The van der Waals surface area contributed by atoms with Gasteiger partial charge in [-0.1, -0.05) is 30.3 Å². The van der Waals surface area contributed by atoms with E-state index in [-0.39, 0.29) is 18.7 Å². The Morgan fingerprint density at radius 2 is 2.12 bits per heavy atom. The first-order chi connectivity index (χ1) is 12.2. The number of anilines is 1. The molecular weight excluding hydrogens is 316 g/mol. The molecule has 1 fully saturated rings. The van der Waals surface area contributed by atoms with Crippen molar-refractivity contribution < 1.29 is 14.6 Å². The van der Waals surface area contributed by atoms with Crippen molar-refractivity contribution in [2.45, 2.75) is 32.4 Å². The van der Waals surface area contributed by atoms with E-state index in [1.807, 2.05) is 42.5 Å². The van der Waals surface area contributed by atoms with E-state index in [4.69, 9.17) is 4.74 Å². The van der Waals surface area contributed by atoms with Gasteiger partial charge in [0.05, 0.1) is 12.6 Å². The number of carbonyl (C=O) groups is 1. The van der Waals surface area contributed by atoms with Crippen molar-refractivity contribution in [3.8, 4) is 5.75 Å². The number of hydrogen-bond donors (Lipinski definition) is 2. The van der Waals surface area contributed by atoms with Gasteiger partial charge in [0, 0.05) is 18.3 Å². The Morgan fingerprint density at radius 3 is 2.92 bits per heavy atom. The van der Waals surface area contributed by atoms with Crippen LogP contribution in [0.4, 0.5) is 10.5 Å². The number of benzene rings is 2. The zero-order valence-corrected chi connectivity index (χ0v) is 14.4. The number of carbonyl (C=O) groups excluding carboxylic acids is 1. The monoisotopic (exact) mass is 340 g/mol. The van der Waals surface area contributed by atoms with Crippen LogP contribution in [-0.2, 0) is 6.61 Å². The Hall–Kier alpha value is -2.53. The minimum absolute atomic E-state index is 0.00694. The first-order valence-electron chi connectivity index (χ1n) is 8.63. The van der Waals surface area contributed by atoms with Gasteiger partial charge < -0.3 is 20.1 Å². The summed E-state index contributed by atoms with van der Waals surface area (Å²) in [5, 5.41) is 12.2. The molecule has 5 heteroatoms. The molecule has 0 unspecified atom stereocenters. The maximum absolute atomic E-state index is 12.4. The number of amides is 2. The molecule has 2 N–H and O–H groups in total. The van der Waals surface area contributed by atoms with Gasteiger partial charge in [0.25, 0.3) is 0 Å². The molecule has 2 amide bonds. The van der Waals surface area contributed by atoms with Gasteiger partial charge in [-0.2, -0.15) is 0 Å². The Labute approximate surface area is 148 Å². The number of aliphatic hydroxyl groups excluding tert-OH is 1. The summed E-state index contributed by atoms with van der Waals surface area (Å²) in [4.78, 5) is 14.1. The molecule has 1 aliphatic heterocycles. The molecule has 0 spiro atoms. The van der Waals surface area contributed by atoms with Gasteiger partial charge in [-0.05, 0) is 43.0 Å². The molecule has 5 nitrogen and oxygen atoms in total. The van der Waals surface area contributed by atoms with E-state index in [0.717, 1.165) is 18.4 Å². The summed E-state index contributed by atoms with van der Waals surface area (Å²) in [7, 11) is 0. The fourth-order valence-corrected chi connectivity index (χ4v) is 3.08. The van der Waals surface area contributed by atoms with Crippen molar-refractivity contribution >= 4 is 11.7 Å². The zero-order chi connectivity index (χ0) is 17.6. The van der Waals surface area contributed by atoms with Crippen LogP contribution in [0.25, 0.3) is 0 Å². The van der Waals surface area contributed by atoms with Gasteiger partial charge in [-0.3, -0.25) is 0 Å². The van der Waals surface area contributed by atoms with Crippen molar-refractivity contribution in [1.82, 2.24) is 4.90 Å². The lowest BCUT2D eigenvalue weighted by atomic mass is 10.1. The van der Waals surface area contributed by atoms with Crippen LogP contribution in [0.1, 0.15) is 24.0 Å². The molecule has 25 heavy (non-hydrogen) atoms. The molecule has 132 valence electrons. The normalized spacial score (nSPS) is 16.7. The van der Waals surface area contributed by atoms with Gasteiger partial charge in [0.1, 0.15) is 12.4 Å². The van der Waals surface area contributed by atoms with E-state index >= 15 is 0 Å². The molecule has 2 aromatic rings. The molecule has 0 bridgehead atoms. The van der Waals surface area contributed by atoms with Crippen LogP contribution in [0.3, 0.4) is 0 Å². The second kappa shape index (κ2) is 8.03. The van der Waals surface area contributed by atoms with E-state index in [2.05, 4.69) is 18.3 Å². The largest absolute Gasteiger partial charge is 0.489 e. The molecule has 1 atom stereocenters. The zero-order valence-electron chi connectivity index (χ0n) is 14.4. The Bertz CT molecular complexity index is 732. The third-order valence-electron chi connectivity index (χ3n) is 4.59. The highest BCUT2D eigenvalue weighted by atomic mass is 16.5. The summed E-state index contributed by atoms with van der Waals surface area (Å²) in [5.41, 5.74) is 3.02. The number of hydrogen-bond acceptors (Lipinski definition) is 3. The smallest absolute Gasteiger partial charge is 0.322 e. The van der Waals surface area contributed by atoms with Crippen LogP contribution in [-0.4, -0.2) is 35.2 Å². The van der Waals surface area contributed by atoms with Crippen LogP contribution < -0.4 is 10.1 Å². The molecule has 0 radical (unpaired) electrons. The second-order valence-electron chi connectivity index (χ2n) is 6.35. The van der Waals surface area contributed by atoms with Crippen molar-refractivity contribution in [2.24, 2.45) is 0 Å². The van der Waals surface area contributed by atoms with E-state index in [0.29, 0.717) is 24.6 Å². The first kappa shape index (κ1) is 17.3. The molecule has 1 heterocycles. The summed E-state index contributed by atoms with van der Waals surface area (Å²) in [5.74, 6) is 0.709. The Kier molecular flexibility index (Phi) is 5.56. The maximum atomic E-state index is 12.4. The highest BCUT2D eigenvalue weighted by Gasteiger charge is 2.28. The quantitative estimate of drug-likeness (QED) is 0.875. The van der Waals surface area contributed by atoms with Crippen LogP contribution in [0, 0.1) is 6.92 Å². The van der Waals surface area contributed by atoms with Crippen LogP contribution >= 0.6 is 0 Å². The van der Waals surface area contributed by atoms with Crippen LogP contribution in [0.15, 0.2) is 48.5 Å². The Morgan fingerprint density at radius 1 is 1.28 bits per heavy atom. The standard InChI is InChI=1S/C20H24N2O3/c1-15-6-2-3-7-16(15)14-25-19-10-4-8-17(12-19)21-20(24)22-11-5-9-18(22)13-23/h2-4,6-8,10,12,18,23H,5,9,11,13-14H2,1H3,(H,21,24)/t18-/m0/s1. The number of nitrogens with one attached hydrogen (secondary N) is 1. The second-order valence-corrected chi connectivity index (χ2v) is 6.35. The van der Waals surface area contributed by atoms with Crippen molar-refractivity contribution in [3.05, 3.63) is 59.7 Å². The minimum atomic E-state index is -0.174. The number of aliphatic hydroxyl groups is 1. The number of likely N-dealkylation sites (tertiary alicyclic amines) is 1. The van der Waals surface area contributed by atoms with E-state index in [9.17, 15) is 9.90 Å². The maximum Gasteiger partial charge on any atom is 0.322 e. The van der Waals surface area contributed by atoms with Crippen LogP contribution in [0.2, 0.25) is 0 Å². The third kappa shape index (κ3) is 4.31. The molecular formula is C20H24N2O3. The van der Waals surface area contributed by atoms with Gasteiger partial charge in [-0.15, -0.1) is 0 Å². The number of rotatable bonds is 5. The summed E-state index contributed by atoms with van der Waals surface area (Å²) in [6.45, 7) is 3.24. The van der Waals surface area contributed by atoms with Crippen LogP contribution in [0.5, 0.6) is 5.75 Å². The van der Waals surface area contributed by atoms with E-state index in [1.54, 1.807) is 4.90 Å². The lowest BCUT2D eigenvalue weighted by Crippen LogP contribution is -2.40. The minimum Gasteiger partial charge on any atom is -0.489 e. The van der Waals surface area contributed by atoms with E-state index < -0.39 is 0 Å². The average molecular weight is 340 g/mol. The van der Waals surface area contributed by atoms with E-state index in [1.165, 1.54) is 5.56 Å². The van der Waals surface area contributed by atoms with Gasteiger partial charge in [0.2, 0.25) is 0 Å². The van der Waals surface area contributed by atoms with Crippen molar-refractivity contribution in [2.75, 3.05) is 18.5 Å². The molecule has 2 aromatic carbocycles. The lowest BCUT2D eigenvalue weighted by Gasteiger charge is -2.23. The number of nitrogens with zero attached hydrogens (tertiary/aromatic N) is 1. The summed E-state index contributed by atoms with van der Waals surface area (Å²) in [6, 6.07) is 15.2. The fraction of sp³-hybridized carbons (Fsp3) is 0.350. The number of ether oxygens (including phenoxy) is 1. The van der Waals surface area contributed by atoms with Crippen molar-refractivity contribution in [1.29, 1.82) is 0 Å². The topological polar surface area (TPSA) is 61.8 Å². The molecule has 3 rings (SSSR count). The third-order valence-corrected chi connectivity index (χ3v) is 4.59. The average Bonchev–Trinajstić information content (AvgIpc) is 3.10. The molecule has 0 saturated carbocycles. The summed E-state index contributed by atoms with van der Waals surface area (Å²) in [6.07, 6.45) is 1.78. The highest BCUT2D eigenvalue weighted by Crippen LogP contribution is 2.22. The van der Waals surface area contributed by atoms with Gasteiger partial charge >= 0.3 is 6.03 Å². The Balaban J connectivity index is 1.61. The lowest BCUT2D eigenvalue weighted by molar-refractivity contribution is 0.166. The first-order valence-corrected chi connectivity index (χ1v) is 8.63. The van der Waals surface area contributed by atoms with Gasteiger partial charge in [-0.25, -0.2) is 4.79 Å². The summed E-state index contributed by atoms with van der Waals surface area (Å²) >= 11 is 0.